The molecule has 0 unspecified atom stereocenters. The molecule has 0 aliphatic rings. The van der Waals surface area contributed by atoms with E-state index in [0.717, 1.165) is 0 Å². The number of primary amides is 1. The van der Waals surface area contributed by atoms with Gasteiger partial charge in [-0.2, -0.15) is 4.57 Å². The summed E-state index contributed by atoms with van der Waals surface area (Å²) >= 11 is 0. The van der Waals surface area contributed by atoms with Crippen LogP contribution in [-0.2, 0) is 16.1 Å². The summed E-state index contributed by atoms with van der Waals surface area (Å²) in [5, 5.41) is 0. The van der Waals surface area contributed by atoms with E-state index in [1.165, 1.54) is 10.8 Å². The van der Waals surface area contributed by atoms with Crippen molar-refractivity contribution in [1.29, 1.82) is 0 Å². The van der Waals surface area contributed by atoms with Gasteiger partial charge in [-0.05, 0) is 13.0 Å². The maximum Gasteiger partial charge on any atom is 0.344 e. The number of amides is 1. The highest BCUT2D eigenvalue weighted by atomic mass is 16.5. The van der Waals surface area contributed by atoms with E-state index in [-0.39, 0.29) is 6.54 Å². The van der Waals surface area contributed by atoms with Gasteiger partial charge in [0, 0.05) is 6.07 Å². The maximum absolute atomic E-state index is 11.3. The van der Waals surface area contributed by atoms with E-state index in [4.69, 9.17) is 10.5 Å². The molecule has 1 rings (SSSR count). The number of pyridine rings is 1. The Morgan fingerprint density at radius 2 is 2.27 bits per heavy atom. The number of ether oxygens (including phenoxy) is 1. The zero-order valence-corrected chi connectivity index (χ0v) is 8.47. The molecule has 0 aromatic carbocycles. The molecule has 15 heavy (non-hydrogen) atoms. The van der Waals surface area contributed by atoms with Crippen LogP contribution in [0.15, 0.2) is 24.5 Å². The minimum absolute atomic E-state index is 0.0489. The van der Waals surface area contributed by atoms with Crippen LogP contribution in [0.3, 0.4) is 0 Å². The lowest BCUT2D eigenvalue weighted by molar-refractivity contribution is -0.684. The predicted octanol–water partition coefficient (Wildman–Crippen LogP) is -0.364. The average molecular weight is 209 g/mol. The quantitative estimate of drug-likeness (QED) is 0.543. The van der Waals surface area contributed by atoms with Crippen molar-refractivity contribution in [1.82, 2.24) is 0 Å². The van der Waals surface area contributed by atoms with Gasteiger partial charge in [0.1, 0.15) is 5.56 Å². The summed E-state index contributed by atoms with van der Waals surface area (Å²) in [6.07, 6.45) is 3.19. The average Bonchev–Trinajstić information content (AvgIpc) is 2.17. The van der Waals surface area contributed by atoms with Gasteiger partial charge in [-0.15, -0.1) is 0 Å². The van der Waals surface area contributed by atoms with Crippen LogP contribution in [0.25, 0.3) is 0 Å². The van der Waals surface area contributed by atoms with Crippen molar-refractivity contribution in [3.63, 3.8) is 0 Å². The number of nitrogens with zero attached hydrogens (tertiary/aromatic N) is 1. The van der Waals surface area contributed by atoms with Gasteiger partial charge in [0.25, 0.3) is 5.91 Å². The second kappa shape index (κ2) is 5.09. The molecule has 5 heteroatoms. The number of hydrogen-bond donors (Lipinski definition) is 1. The van der Waals surface area contributed by atoms with Gasteiger partial charge in [-0.25, -0.2) is 4.79 Å². The molecule has 0 aliphatic carbocycles. The standard InChI is InChI=1S/C10H12N2O3/c1-2-15-10(14)8-4-3-5-12(6-8)7-9(11)13/h3-6H,2,7H2,1H3,(H-,11,13)/p+1. The molecule has 2 N–H and O–H groups in total. The van der Waals surface area contributed by atoms with Crippen LogP contribution in [0, 0.1) is 0 Å². The van der Waals surface area contributed by atoms with Crippen molar-refractivity contribution in [2.24, 2.45) is 5.73 Å². The van der Waals surface area contributed by atoms with Crippen LogP contribution >= 0.6 is 0 Å². The van der Waals surface area contributed by atoms with Crippen molar-refractivity contribution >= 4 is 11.9 Å². The van der Waals surface area contributed by atoms with E-state index < -0.39 is 11.9 Å². The van der Waals surface area contributed by atoms with E-state index >= 15 is 0 Å². The maximum atomic E-state index is 11.3. The Balaban J connectivity index is 2.82. The minimum Gasteiger partial charge on any atom is -0.462 e. The Morgan fingerprint density at radius 3 is 2.87 bits per heavy atom. The normalized spacial score (nSPS) is 9.67. The Morgan fingerprint density at radius 1 is 1.53 bits per heavy atom. The molecule has 1 aromatic rings. The molecule has 0 atom stereocenters. The summed E-state index contributed by atoms with van der Waals surface area (Å²) in [6.45, 7) is 2.11. The number of hydrogen-bond acceptors (Lipinski definition) is 3. The first-order valence-electron chi connectivity index (χ1n) is 4.58. The highest BCUT2D eigenvalue weighted by molar-refractivity contribution is 5.88. The summed E-state index contributed by atoms with van der Waals surface area (Å²) in [6, 6.07) is 3.28. The molecule has 1 amide bonds. The van der Waals surface area contributed by atoms with Gasteiger partial charge in [-0.3, -0.25) is 4.79 Å². The Kier molecular flexibility index (Phi) is 3.79. The molecule has 0 saturated carbocycles. The van der Waals surface area contributed by atoms with Crippen LogP contribution in [-0.4, -0.2) is 18.5 Å². The topological polar surface area (TPSA) is 73.3 Å². The van der Waals surface area contributed by atoms with Gasteiger partial charge < -0.3 is 10.5 Å². The van der Waals surface area contributed by atoms with Crippen LogP contribution in [0.1, 0.15) is 17.3 Å². The third-order valence-electron chi connectivity index (χ3n) is 1.71. The molecule has 1 aromatic heterocycles. The smallest absolute Gasteiger partial charge is 0.344 e. The molecule has 80 valence electrons. The second-order valence-corrected chi connectivity index (χ2v) is 2.95. The number of carbonyl (C=O) groups is 2. The highest BCUT2D eigenvalue weighted by Crippen LogP contribution is 1.97. The lowest BCUT2D eigenvalue weighted by Crippen LogP contribution is -2.40. The van der Waals surface area contributed by atoms with Gasteiger partial charge in [0.05, 0.1) is 6.61 Å². The predicted molar refractivity (Wildman–Crippen MR) is 51.8 cm³/mol. The Bertz CT molecular complexity index is 377. The Hall–Kier alpha value is -1.91. The number of nitrogens with two attached hydrogens (primary N) is 1. The molecule has 0 aliphatic heterocycles. The molecule has 0 bridgehead atoms. The molecule has 0 fully saturated rings. The zero-order chi connectivity index (χ0) is 11.3. The fourth-order valence-corrected chi connectivity index (χ4v) is 1.14. The van der Waals surface area contributed by atoms with Crippen LogP contribution in [0.2, 0.25) is 0 Å². The summed E-state index contributed by atoms with van der Waals surface area (Å²) < 4.78 is 6.36. The monoisotopic (exact) mass is 209 g/mol. The molecule has 0 saturated heterocycles. The third-order valence-corrected chi connectivity index (χ3v) is 1.71. The lowest BCUT2D eigenvalue weighted by atomic mass is 10.3. The van der Waals surface area contributed by atoms with Gasteiger partial charge in [0.2, 0.25) is 6.54 Å². The van der Waals surface area contributed by atoms with Crippen molar-refractivity contribution in [3.05, 3.63) is 30.1 Å². The van der Waals surface area contributed by atoms with Crippen molar-refractivity contribution in [2.45, 2.75) is 13.5 Å². The largest absolute Gasteiger partial charge is 0.462 e. The Labute approximate surface area is 87.5 Å². The highest BCUT2D eigenvalue weighted by Gasteiger charge is 2.12. The lowest BCUT2D eigenvalue weighted by Gasteiger charge is -2.00. The SMILES string of the molecule is CCOC(=O)c1ccc[n+](CC(N)=O)c1. The second-order valence-electron chi connectivity index (χ2n) is 2.95. The summed E-state index contributed by atoms with van der Waals surface area (Å²) in [4.78, 5) is 22.0. The van der Waals surface area contributed by atoms with Crippen molar-refractivity contribution < 1.29 is 18.9 Å². The molecule has 5 nitrogen and oxygen atoms in total. The summed E-state index contributed by atoms with van der Waals surface area (Å²) in [7, 11) is 0. The van der Waals surface area contributed by atoms with Gasteiger partial charge in [0.15, 0.2) is 12.4 Å². The first-order chi connectivity index (χ1) is 7.13. The molecule has 0 spiro atoms. The molecular formula is C10H13N2O3+. The van der Waals surface area contributed by atoms with Crippen LogP contribution in [0.5, 0.6) is 0 Å². The number of aromatic nitrogens is 1. The molecular weight excluding hydrogens is 196 g/mol. The van der Waals surface area contributed by atoms with E-state index in [9.17, 15) is 9.59 Å². The van der Waals surface area contributed by atoms with E-state index in [1.54, 1.807) is 25.3 Å². The van der Waals surface area contributed by atoms with Crippen LogP contribution < -0.4 is 10.3 Å². The number of esters is 1. The number of rotatable bonds is 4. The van der Waals surface area contributed by atoms with Crippen molar-refractivity contribution in [3.8, 4) is 0 Å². The number of carbonyl (C=O) groups excluding carboxylic acids is 2. The first-order valence-corrected chi connectivity index (χ1v) is 4.58. The zero-order valence-electron chi connectivity index (χ0n) is 8.47. The van der Waals surface area contributed by atoms with Gasteiger partial charge >= 0.3 is 5.97 Å². The van der Waals surface area contributed by atoms with E-state index in [0.29, 0.717) is 12.2 Å². The van der Waals surface area contributed by atoms with E-state index in [1.807, 2.05) is 0 Å². The third kappa shape index (κ3) is 3.38. The molecule has 0 radical (unpaired) electrons. The fraction of sp³-hybridized carbons (Fsp3) is 0.300. The summed E-state index contributed by atoms with van der Waals surface area (Å²) in [5.74, 6) is -0.864. The summed E-state index contributed by atoms with van der Waals surface area (Å²) in [5.41, 5.74) is 5.44. The fourth-order valence-electron chi connectivity index (χ4n) is 1.14. The van der Waals surface area contributed by atoms with Crippen LogP contribution in [0.4, 0.5) is 0 Å². The first kappa shape index (κ1) is 11.2. The minimum atomic E-state index is -0.457. The molecule has 1 heterocycles. The van der Waals surface area contributed by atoms with Gasteiger partial charge in [-0.1, -0.05) is 0 Å². The van der Waals surface area contributed by atoms with Crippen molar-refractivity contribution in [2.75, 3.05) is 6.61 Å². The van der Waals surface area contributed by atoms with E-state index in [2.05, 4.69) is 0 Å².